The van der Waals surface area contributed by atoms with Crippen molar-refractivity contribution in [3.63, 3.8) is 0 Å². The van der Waals surface area contributed by atoms with Gasteiger partial charge >= 0.3 is 0 Å². The van der Waals surface area contributed by atoms with Gasteiger partial charge in [-0.1, -0.05) is 43.5 Å². The molecule has 4 aliphatic rings. The van der Waals surface area contributed by atoms with Crippen LogP contribution in [0, 0.1) is 30.1 Å². The predicted octanol–water partition coefficient (Wildman–Crippen LogP) is 7.52. The molecule has 6 rings (SSSR count). The molecule has 1 heterocycles. The van der Waals surface area contributed by atoms with Crippen molar-refractivity contribution in [3.8, 4) is 5.75 Å². The van der Waals surface area contributed by atoms with Crippen LogP contribution in [0.5, 0.6) is 5.75 Å². The molecule has 0 aromatic heterocycles. The van der Waals surface area contributed by atoms with Gasteiger partial charge in [0, 0.05) is 18.3 Å². The third-order valence-electron chi connectivity index (χ3n) is 10.8. The Bertz CT molecular complexity index is 1360. The highest BCUT2D eigenvalue weighted by Crippen LogP contribution is 2.61. The van der Waals surface area contributed by atoms with E-state index in [1.807, 2.05) is 6.92 Å². The van der Waals surface area contributed by atoms with Gasteiger partial charge in [-0.3, -0.25) is 8.98 Å². The summed E-state index contributed by atoms with van der Waals surface area (Å²) in [4.78, 5) is 13.2. The molecule has 2 saturated carbocycles. The Labute approximate surface area is 251 Å². The van der Waals surface area contributed by atoms with Crippen molar-refractivity contribution in [2.24, 2.45) is 23.2 Å². The van der Waals surface area contributed by atoms with E-state index in [1.165, 1.54) is 11.1 Å². The Balaban J connectivity index is 1.11. The minimum Gasteiger partial charge on any atom is -0.465 e. The molecule has 0 N–H and O–H groups in total. The number of ketones is 1. The molecule has 3 aliphatic carbocycles. The lowest BCUT2D eigenvalue weighted by molar-refractivity contribution is -0.130. The van der Waals surface area contributed by atoms with E-state index in [0.717, 1.165) is 88.5 Å². The molecule has 2 aromatic rings. The van der Waals surface area contributed by atoms with Crippen LogP contribution in [0.15, 0.2) is 47.4 Å². The highest BCUT2D eigenvalue weighted by molar-refractivity contribution is 7.86. The van der Waals surface area contributed by atoms with Crippen LogP contribution in [-0.2, 0) is 30.3 Å². The number of aryl methyl sites for hydroxylation is 1. The summed E-state index contributed by atoms with van der Waals surface area (Å²) in [5, 5.41) is 0. The van der Waals surface area contributed by atoms with Gasteiger partial charge in [-0.2, -0.15) is 8.42 Å². The van der Waals surface area contributed by atoms with Crippen molar-refractivity contribution in [2.45, 2.75) is 108 Å². The van der Waals surface area contributed by atoms with Crippen LogP contribution < -0.4 is 4.74 Å². The van der Waals surface area contributed by atoms with Gasteiger partial charge in [-0.25, -0.2) is 0 Å². The van der Waals surface area contributed by atoms with Gasteiger partial charge in [0.25, 0.3) is 10.1 Å². The summed E-state index contributed by atoms with van der Waals surface area (Å²) in [7, 11) is -3.72. The minimum atomic E-state index is -3.72. The number of rotatable bonds is 10. The smallest absolute Gasteiger partial charge is 0.296 e. The number of carbonyl (C=O) groups is 1. The highest BCUT2D eigenvalue weighted by Gasteiger charge is 2.56. The van der Waals surface area contributed by atoms with Crippen LogP contribution in [0.1, 0.15) is 100 Å². The second-order valence-corrected chi connectivity index (χ2v) is 15.0. The Morgan fingerprint density at radius 1 is 1.00 bits per heavy atom. The first kappa shape index (κ1) is 29.8. The molecule has 3 fully saturated rings. The van der Waals surface area contributed by atoms with E-state index in [4.69, 9.17) is 13.7 Å². The normalized spacial score (nSPS) is 30.8. The molecule has 0 spiro atoms. The van der Waals surface area contributed by atoms with Crippen LogP contribution in [0.4, 0.5) is 0 Å². The number of benzene rings is 2. The Morgan fingerprint density at radius 3 is 2.62 bits per heavy atom. The summed E-state index contributed by atoms with van der Waals surface area (Å²) in [6.45, 7) is 5.14. The van der Waals surface area contributed by atoms with Crippen molar-refractivity contribution in [2.75, 3.05) is 13.2 Å². The summed E-state index contributed by atoms with van der Waals surface area (Å²) in [6, 6.07) is 13.5. The van der Waals surface area contributed by atoms with E-state index in [2.05, 4.69) is 25.1 Å². The molecule has 228 valence electrons. The lowest BCUT2D eigenvalue weighted by atomic mass is 9.52. The molecule has 1 aliphatic heterocycles. The van der Waals surface area contributed by atoms with Crippen LogP contribution >= 0.6 is 0 Å². The zero-order valence-electron chi connectivity index (χ0n) is 25.2. The Morgan fingerprint density at radius 2 is 1.83 bits per heavy atom. The number of Topliss-reactive ketones (excluding diaryl/α,β-unsaturated/α-hetero) is 1. The van der Waals surface area contributed by atoms with Gasteiger partial charge in [0.1, 0.15) is 11.5 Å². The van der Waals surface area contributed by atoms with Gasteiger partial charge in [0.2, 0.25) is 0 Å². The summed E-state index contributed by atoms with van der Waals surface area (Å²) in [5.41, 5.74) is 3.71. The summed E-state index contributed by atoms with van der Waals surface area (Å²) >= 11 is 0. The molecular weight excluding hydrogens is 548 g/mol. The second-order valence-electron chi connectivity index (χ2n) is 13.4. The molecular formula is C35H46O6S. The maximum atomic E-state index is 13.0. The number of hydrogen-bond donors (Lipinski definition) is 0. The maximum Gasteiger partial charge on any atom is 0.296 e. The van der Waals surface area contributed by atoms with Crippen molar-refractivity contribution < 1.29 is 26.9 Å². The maximum absolute atomic E-state index is 13.0. The number of carbonyl (C=O) groups excluding carboxylic acids is 1. The third kappa shape index (κ3) is 6.07. The summed E-state index contributed by atoms with van der Waals surface area (Å²) in [5.74, 6) is 3.35. The van der Waals surface area contributed by atoms with E-state index >= 15 is 0 Å². The number of hydrogen-bond acceptors (Lipinski definition) is 6. The van der Waals surface area contributed by atoms with E-state index in [1.54, 1.807) is 24.3 Å². The lowest BCUT2D eigenvalue weighted by Crippen LogP contribution is -2.46. The quantitative estimate of drug-likeness (QED) is 0.209. The average Bonchev–Trinajstić information content (AvgIpc) is 3.29. The molecule has 0 amide bonds. The Hall–Kier alpha value is -2.22. The van der Waals surface area contributed by atoms with Crippen molar-refractivity contribution in [1.29, 1.82) is 0 Å². The van der Waals surface area contributed by atoms with Crippen LogP contribution in [0.3, 0.4) is 0 Å². The topological polar surface area (TPSA) is 78.9 Å². The third-order valence-corrected chi connectivity index (χ3v) is 12.1. The van der Waals surface area contributed by atoms with E-state index in [9.17, 15) is 13.2 Å². The van der Waals surface area contributed by atoms with E-state index in [0.29, 0.717) is 35.9 Å². The molecule has 0 radical (unpaired) electrons. The van der Waals surface area contributed by atoms with Gasteiger partial charge in [0.15, 0.2) is 6.29 Å². The number of fused-ring (bicyclic) bond motifs is 5. The molecule has 2 aromatic carbocycles. The fraction of sp³-hybridized carbons (Fsp3) is 0.629. The predicted molar refractivity (Wildman–Crippen MR) is 162 cm³/mol. The number of ether oxygens (including phenoxy) is 2. The van der Waals surface area contributed by atoms with Crippen molar-refractivity contribution in [1.82, 2.24) is 0 Å². The van der Waals surface area contributed by atoms with Gasteiger partial charge in [-0.15, -0.1) is 0 Å². The van der Waals surface area contributed by atoms with Gasteiger partial charge < -0.3 is 9.47 Å². The molecule has 1 saturated heterocycles. The Kier molecular flexibility index (Phi) is 8.82. The largest absolute Gasteiger partial charge is 0.465 e. The minimum absolute atomic E-state index is 0.152. The molecule has 0 bridgehead atoms. The molecule has 6 nitrogen and oxygen atoms in total. The van der Waals surface area contributed by atoms with Gasteiger partial charge in [0.05, 0.1) is 18.1 Å². The van der Waals surface area contributed by atoms with Crippen LogP contribution in [-0.4, -0.2) is 33.7 Å². The van der Waals surface area contributed by atoms with Crippen LogP contribution in [0.25, 0.3) is 0 Å². The zero-order valence-corrected chi connectivity index (χ0v) is 26.0. The molecule has 1 unspecified atom stereocenters. The molecule has 6 atom stereocenters. The first-order valence-electron chi connectivity index (χ1n) is 16.1. The van der Waals surface area contributed by atoms with E-state index < -0.39 is 10.1 Å². The van der Waals surface area contributed by atoms with Gasteiger partial charge in [-0.05, 0) is 117 Å². The van der Waals surface area contributed by atoms with Crippen molar-refractivity contribution in [3.05, 3.63) is 59.2 Å². The highest BCUT2D eigenvalue weighted by atomic mass is 32.2. The van der Waals surface area contributed by atoms with Crippen molar-refractivity contribution >= 4 is 15.9 Å². The number of unbranched alkanes of at least 4 members (excludes halogenated alkanes) is 2. The second kappa shape index (κ2) is 12.4. The van der Waals surface area contributed by atoms with E-state index in [-0.39, 0.29) is 23.2 Å². The average molecular weight is 595 g/mol. The summed E-state index contributed by atoms with van der Waals surface area (Å²) < 4.78 is 42.5. The lowest BCUT2D eigenvalue weighted by Gasteiger charge is -2.52. The molecule has 7 heteroatoms. The molecule has 42 heavy (non-hydrogen) atoms. The summed E-state index contributed by atoms with van der Waals surface area (Å²) in [6.07, 6.45) is 11.6. The first-order chi connectivity index (χ1) is 20.2. The van der Waals surface area contributed by atoms with Crippen LogP contribution in [0.2, 0.25) is 0 Å². The fourth-order valence-corrected chi connectivity index (χ4v) is 9.42. The standard InChI is InChI=1S/C35H46O6S/c1-24-10-13-28(14-11-24)42(37,38)40-21-6-3-4-8-25-22-26-23-27(41-33-9-5-7-20-39-33)12-15-29(26)30-18-19-35(2)31(34(25)30)16-17-32(35)36/h10-15,23,25,30-31,33-34H,3-9,16-22H2,1-2H3/t25-,30-,31+,33?,34-,35+/m1/s1. The zero-order chi connectivity index (χ0) is 29.3. The monoisotopic (exact) mass is 594 g/mol. The fourth-order valence-electron chi connectivity index (χ4n) is 8.48. The first-order valence-corrected chi connectivity index (χ1v) is 17.6. The SMILES string of the molecule is Cc1ccc(S(=O)(=O)OCCCCC[C@@H]2Cc3cc(OC4CCCCO4)ccc3[C@H]3CC[C@]4(C)C(=O)CC[C@H]4[C@H]23)cc1.